The van der Waals surface area contributed by atoms with Gasteiger partial charge in [0, 0.05) is 12.0 Å². The van der Waals surface area contributed by atoms with Crippen molar-refractivity contribution in [3.05, 3.63) is 84.3 Å². The Morgan fingerprint density at radius 1 is 0.700 bits per heavy atom. The Kier molecular flexibility index (Phi) is 16.1. The molecule has 1 aromatic rings. The molecule has 0 heterocycles. The van der Waals surface area contributed by atoms with E-state index in [9.17, 15) is 9.18 Å². The molecule has 0 saturated carbocycles. The number of Topliss-reactive ketones (excluding diaryl/α,β-unsaturated/α-hetero) is 1. The fourth-order valence-electron chi connectivity index (χ4n) is 2.96. The monoisotopic (exact) mass is 411 g/mol. The number of hydrogen-bond donors (Lipinski definition) is 1. The minimum Gasteiger partial charge on any atom is -0.330 e. The van der Waals surface area contributed by atoms with Gasteiger partial charge in [-0.05, 0) is 88.6 Å². The van der Waals surface area contributed by atoms with E-state index in [2.05, 4.69) is 48.6 Å². The lowest BCUT2D eigenvalue weighted by Crippen LogP contribution is -1.98. The molecule has 1 aromatic carbocycles. The Balaban J connectivity index is 1.94. The van der Waals surface area contributed by atoms with E-state index in [-0.39, 0.29) is 11.6 Å². The van der Waals surface area contributed by atoms with Gasteiger partial charge in [-0.25, -0.2) is 4.39 Å². The van der Waals surface area contributed by atoms with Crippen LogP contribution in [0.3, 0.4) is 0 Å². The number of halogens is 1. The zero-order chi connectivity index (χ0) is 21.7. The molecule has 2 N–H and O–H groups in total. The van der Waals surface area contributed by atoms with Gasteiger partial charge in [-0.1, -0.05) is 55.0 Å². The van der Waals surface area contributed by atoms with Gasteiger partial charge >= 0.3 is 0 Å². The van der Waals surface area contributed by atoms with Gasteiger partial charge in [-0.15, -0.1) is 0 Å². The lowest BCUT2D eigenvalue weighted by Gasteiger charge is -2.01. The van der Waals surface area contributed by atoms with Crippen molar-refractivity contribution in [3.8, 4) is 0 Å². The van der Waals surface area contributed by atoms with Gasteiger partial charge in [0.2, 0.25) is 0 Å². The van der Waals surface area contributed by atoms with E-state index in [0.29, 0.717) is 12.0 Å². The average molecular weight is 412 g/mol. The number of unbranched alkanes of at least 4 members (excludes halogenated alkanes) is 5. The number of benzene rings is 1. The second-order valence-electron chi connectivity index (χ2n) is 7.41. The maximum absolute atomic E-state index is 12.9. The molecule has 0 spiro atoms. The van der Waals surface area contributed by atoms with E-state index >= 15 is 0 Å². The average Bonchev–Trinajstić information content (AvgIpc) is 2.75. The zero-order valence-corrected chi connectivity index (χ0v) is 18.3. The van der Waals surface area contributed by atoms with Crippen molar-refractivity contribution in [1.29, 1.82) is 0 Å². The van der Waals surface area contributed by atoms with Gasteiger partial charge in [-0.3, -0.25) is 4.79 Å². The first-order valence-electron chi connectivity index (χ1n) is 11.3. The molecule has 0 amide bonds. The molecule has 0 bridgehead atoms. The van der Waals surface area contributed by atoms with Crippen molar-refractivity contribution in [1.82, 2.24) is 0 Å². The summed E-state index contributed by atoms with van der Waals surface area (Å²) in [6, 6.07) is 5.81. The predicted octanol–water partition coefficient (Wildman–Crippen LogP) is 7.48. The highest BCUT2D eigenvalue weighted by molar-refractivity contribution is 5.95. The maximum atomic E-state index is 12.9. The molecule has 0 saturated heterocycles. The van der Waals surface area contributed by atoms with Crippen LogP contribution >= 0.6 is 0 Å². The summed E-state index contributed by atoms with van der Waals surface area (Å²) in [6.45, 7) is 0.789. The standard InChI is InChI=1S/C27H38FNO/c28-26-22-20-25(21-23-26)27(30)19-17-15-13-11-9-7-5-3-1-2-4-6-8-10-12-14-16-18-24-29/h1,3-4,6-7,9-10,12,20-23H,2,5,8,11,13-19,24,29H2. The van der Waals surface area contributed by atoms with Crippen LogP contribution < -0.4 is 5.73 Å². The van der Waals surface area contributed by atoms with Crippen LogP contribution in [0.5, 0.6) is 0 Å². The Labute approximate surface area is 182 Å². The normalized spacial score (nSPS) is 12.2. The van der Waals surface area contributed by atoms with E-state index in [0.717, 1.165) is 64.3 Å². The number of nitrogens with two attached hydrogens (primary N) is 1. The number of carbonyl (C=O) groups is 1. The van der Waals surface area contributed by atoms with Crippen LogP contribution in [0.1, 0.15) is 81.0 Å². The van der Waals surface area contributed by atoms with Crippen LogP contribution in [0.25, 0.3) is 0 Å². The number of ketones is 1. The van der Waals surface area contributed by atoms with Crippen LogP contribution in [0, 0.1) is 5.82 Å². The van der Waals surface area contributed by atoms with Gasteiger partial charge in [0.25, 0.3) is 0 Å². The first-order valence-corrected chi connectivity index (χ1v) is 11.3. The third-order valence-corrected chi connectivity index (χ3v) is 4.75. The minimum absolute atomic E-state index is 0.100. The summed E-state index contributed by atoms with van der Waals surface area (Å²) in [4.78, 5) is 12.0. The van der Waals surface area contributed by atoms with Crippen LogP contribution in [0.15, 0.2) is 72.9 Å². The summed E-state index contributed by atoms with van der Waals surface area (Å²) in [7, 11) is 0. The first-order chi connectivity index (χ1) is 14.7. The third kappa shape index (κ3) is 14.7. The number of allylic oxidation sites excluding steroid dienone is 8. The Bertz CT molecular complexity index is 671. The Hall–Kier alpha value is -2.26. The second-order valence-corrected chi connectivity index (χ2v) is 7.41. The number of hydrogen-bond acceptors (Lipinski definition) is 2. The first kappa shape index (κ1) is 25.8. The molecule has 164 valence electrons. The van der Waals surface area contributed by atoms with Gasteiger partial charge in [0.1, 0.15) is 5.82 Å². The summed E-state index contributed by atoms with van der Waals surface area (Å²) in [5, 5.41) is 0. The second kappa shape index (κ2) is 18.7. The van der Waals surface area contributed by atoms with E-state index < -0.39 is 0 Å². The quantitative estimate of drug-likeness (QED) is 0.164. The fraction of sp³-hybridized carbons (Fsp3) is 0.444. The van der Waals surface area contributed by atoms with E-state index in [4.69, 9.17) is 5.73 Å². The third-order valence-electron chi connectivity index (χ3n) is 4.75. The van der Waals surface area contributed by atoms with Gasteiger partial charge in [0.15, 0.2) is 5.78 Å². The molecule has 0 aliphatic carbocycles. The summed E-state index contributed by atoms with van der Waals surface area (Å²) in [5.41, 5.74) is 6.07. The molecule has 0 aliphatic heterocycles. The summed E-state index contributed by atoms with van der Waals surface area (Å²) < 4.78 is 12.9. The fourth-order valence-corrected chi connectivity index (χ4v) is 2.96. The lowest BCUT2D eigenvalue weighted by atomic mass is 10.0. The molecular formula is C27H38FNO. The largest absolute Gasteiger partial charge is 0.330 e. The highest BCUT2D eigenvalue weighted by Crippen LogP contribution is 2.10. The van der Waals surface area contributed by atoms with Crippen molar-refractivity contribution < 1.29 is 9.18 Å². The van der Waals surface area contributed by atoms with Crippen LogP contribution in [0.2, 0.25) is 0 Å². The van der Waals surface area contributed by atoms with Crippen LogP contribution in [0.4, 0.5) is 4.39 Å². The zero-order valence-electron chi connectivity index (χ0n) is 18.3. The van der Waals surface area contributed by atoms with Gasteiger partial charge in [0.05, 0.1) is 0 Å². The Morgan fingerprint density at radius 3 is 1.73 bits per heavy atom. The molecular weight excluding hydrogens is 373 g/mol. The molecule has 0 aliphatic rings. The van der Waals surface area contributed by atoms with Gasteiger partial charge < -0.3 is 5.73 Å². The maximum Gasteiger partial charge on any atom is 0.162 e. The van der Waals surface area contributed by atoms with Crippen molar-refractivity contribution in [2.24, 2.45) is 5.73 Å². The van der Waals surface area contributed by atoms with Crippen molar-refractivity contribution in [2.75, 3.05) is 6.54 Å². The smallest absolute Gasteiger partial charge is 0.162 e. The van der Waals surface area contributed by atoms with E-state index in [1.54, 1.807) is 12.1 Å². The molecule has 0 atom stereocenters. The summed E-state index contributed by atoms with van der Waals surface area (Å²) in [6.07, 6.45) is 28.7. The molecule has 3 heteroatoms. The van der Waals surface area contributed by atoms with Crippen molar-refractivity contribution in [3.63, 3.8) is 0 Å². The molecule has 2 nitrogen and oxygen atoms in total. The summed E-state index contributed by atoms with van der Waals surface area (Å²) in [5.74, 6) is -0.203. The molecule has 0 fully saturated rings. The number of rotatable bonds is 17. The van der Waals surface area contributed by atoms with E-state index in [1.807, 2.05) is 0 Å². The van der Waals surface area contributed by atoms with E-state index in [1.165, 1.54) is 18.6 Å². The summed E-state index contributed by atoms with van der Waals surface area (Å²) >= 11 is 0. The van der Waals surface area contributed by atoms with Crippen LogP contribution in [-0.2, 0) is 0 Å². The molecule has 30 heavy (non-hydrogen) atoms. The minimum atomic E-state index is -0.303. The molecule has 0 aromatic heterocycles. The molecule has 0 unspecified atom stereocenters. The van der Waals surface area contributed by atoms with Crippen molar-refractivity contribution >= 4 is 5.78 Å². The van der Waals surface area contributed by atoms with Gasteiger partial charge in [-0.2, -0.15) is 0 Å². The molecule has 0 radical (unpaired) electrons. The Morgan fingerprint density at radius 2 is 1.20 bits per heavy atom. The molecule has 1 rings (SSSR count). The lowest BCUT2D eigenvalue weighted by molar-refractivity contribution is 0.0979. The highest BCUT2D eigenvalue weighted by atomic mass is 19.1. The topological polar surface area (TPSA) is 43.1 Å². The SMILES string of the molecule is NCCCCC=CCC=CCC=CCC=CCCCCCC(=O)c1ccc(F)cc1. The number of carbonyl (C=O) groups excluding carboxylic acids is 1. The highest BCUT2D eigenvalue weighted by Gasteiger charge is 2.05. The predicted molar refractivity (Wildman–Crippen MR) is 127 cm³/mol. The van der Waals surface area contributed by atoms with Crippen molar-refractivity contribution in [2.45, 2.75) is 70.6 Å². The van der Waals surface area contributed by atoms with Crippen LogP contribution in [-0.4, -0.2) is 12.3 Å².